The van der Waals surface area contributed by atoms with Crippen molar-refractivity contribution in [3.05, 3.63) is 42.1 Å². The van der Waals surface area contributed by atoms with E-state index in [9.17, 15) is 4.79 Å². The molecule has 0 aliphatic carbocycles. The number of nitrogens with one attached hydrogen (secondary N) is 2. The molecule has 3 rings (SSSR count). The van der Waals surface area contributed by atoms with Gasteiger partial charge in [-0.25, -0.2) is 4.98 Å². The fraction of sp³-hybridized carbons (Fsp3) is 0.222. The van der Waals surface area contributed by atoms with Gasteiger partial charge in [-0.3, -0.25) is 4.79 Å². The number of pyridine rings is 1. The van der Waals surface area contributed by atoms with Crippen LogP contribution >= 0.6 is 0 Å². The third-order valence-corrected chi connectivity index (χ3v) is 4.31. The number of hydrogen-bond donors (Lipinski definition) is 3. The second kappa shape index (κ2) is 7.01. The molecule has 0 bridgehead atoms. The van der Waals surface area contributed by atoms with Gasteiger partial charge < -0.3 is 21.4 Å². The first-order valence-corrected chi connectivity index (χ1v) is 7.93. The minimum atomic E-state index is -0.213. The van der Waals surface area contributed by atoms with Gasteiger partial charge >= 0.3 is 0 Å². The molecular weight excluding hydrogens is 316 g/mol. The van der Waals surface area contributed by atoms with Crippen molar-refractivity contribution in [2.45, 2.75) is 6.42 Å². The van der Waals surface area contributed by atoms with Crippen LogP contribution < -0.4 is 11.1 Å². The van der Waals surface area contributed by atoms with Crippen molar-refractivity contribution in [3.8, 4) is 17.3 Å². The van der Waals surface area contributed by atoms with Crippen LogP contribution in [-0.4, -0.2) is 35.1 Å². The number of amides is 1. The number of rotatable bonds is 4. The van der Waals surface area contributed by atoms with Crippen molar-refractivity contribution in [3.63, 3.8) is 0 Å². The Hall–Kier alpha value is -3.40. The van der Waals surface area contributed by atoms with Crippen LogP contribution in [0.2, 0.25) is 0 Å². The predicted octanol–water partition coefficient (Wildman–Crippen LogP) is 2.07. The van der Waals surface area contributed by atoms with Crippen molar-refractivity contribution in [1.29, 1.82) is 10.7 Å². The maximum atomic E-state index is 12.4. The van der Waals surface area contributed by atoms with Gasteiger partial charge in [0.15, 0.2) is 6.19 Å². The zero-order valence-electron chi connectivity index (χ0n) is 13.6. The summed E-state index contributed by atoms with van der Waals surface area (Å²) in [6.45, 7) is 1.04. The summed E-state index contributed by atoms with van der Waals surface area (Å²) in [6.07, 6.45) is 5.55. The number of nitrogens with two attached hydrogens (primary N) is 1. The van der Waals surface area contributed by atoms with Crippen LogP contribution in [0.5, 0.6) is 0 Å². The Morgan fingerprint density at radius 2 is 2.32 bits per heavy atom. The molecule has 0 radical (unpaired) electrons. The molecular formula is C18H18N6O. The maximum absolute atomic E-state index is 12.4. The van der Waals surface area contributed by atoms with Gasteiger partial charge in [0, 0.05) is 36.8 Å². The summed E-state index contributed by atoms with van der Waals surface area (Å²) in [5.41, 5.74) is 8.72. The highest BCUT2D eigenvalue weighted by Gasteiger charge is 2.28. The van der Waals surface area contributed by atoms with Gasteiger partial charge in [-0.2, -0.15) is 5.26 Å². The highest BCUT2D eigenvalue weighted by molar-refractivity contribution is 5.96. The highest BCUT2D eigenvalue weighted by Crippen LogP contribution is 2.28. The summed E-state index contributed by atoms with van der Waals surface area (Å²) in [7, 11) is 0. The maximum Gasteiger partial charge on any atom is 0.230 e. The van der Waals surface area contributed by atoms with Crippen molar-refractivity contribution in [2.24, 2.45) is 5.92 Å². The van der Waals surface area contributed by atoms with Gasteiger partial charge in [-0.15, -0.1) is 0 Å². The molecule has 0 unspecified atom stereocenters. The number of nitriles is 1. The predicted molar refractivity (Wildman–Crippen MR) is 95.9 cm³/mol. The van der Waals surface area contributed by atoms with E-state index in [2.05, 4.69) is 16.5 Å². The second-order valence-electron chi connectivity index (χ2n) is 5.90. The number of carbonyl (C=O) groups is 1. The number of carbonyl (C=O) groups excluding carboxylic acids is 1. The van der Waals surface area contributed by atoms with Gasteiger partial charge in [0.25, 0.3) is 0 Å². The number of hydrogen-bond acceptors (Lipinski definition) is 6. The quantitative estimate of drug-likeness (QED) is 0.449. The van der Waals surface area contributed by atoms with Crippen LogP contribution in [0.4, 0.5) is 11.5 Å². The topological polar surface area (TPSA) is 119 Å². The molecule has 1 aromatic carbocycles. The lowest BCUT2D eigenvalue weighted by atomic mass is 9.99. The highest BCUT2D eigenvalue weighted by atomic mass is 16.2. The molecule has 2 aromatic rings. The zero-order chi connectivity index (χ0) is 17.8. The first-order valence-electron chi connectivity index (χ1n) is 7.93. The van der Waals surface area contributed by atoms with E-state index < -0.39 is 0 Å². The van der Waals surface area contributed by atoms with E-state index >= 15 is 0 Å². The summed E-state index contributed by atoms with van der Waals surface area (Å²) in [5, 5.41) is 19.3. The van der Waals surface area contributed by atoms with Crippen LogP contribution in [0.3, 0.4) is 0 Å². The molecule has 2 heterocycles. The SMILES string of the molecule is N#CN1CC[C@H](C(=O)Nc2cc(-c3cccc(N)c3C=N)ccn2)C1. The van der Waals surface area contributed by atoms with Gasteiger partial charge in [0.05, 0.1) is 5.92 Å². The van der Waals surface area contributed by atoms with Gasteiger partial charge in [-0.1, -0.05) is 12.1 Å². The van der Waals surface area contributed by atoms with E-state index in [0.717, 1.165) is 11.1 Å². The van der Waals surface area contributed by atoms with Gasteiger partial charge in [-0.05, 0) is 35.7 Å². The summed E-state index contributed by atoms with van der Waals surface area (Å²) in [5.74, 6) is 0.0909. The number of nitrogen functional groups attached to an aromatic ring is 1. The van der Waals surface area contributed by atoms with Gasteiger partial charge in [0.1, 0.15) is 5.82 Å². The largest absolute Gasteiger partial charge is 0.398 e. The molecule has 1 saturated heterocycles. The Bertz CT molecular complexity index is 857. The van der Waals surface area contributed by atoms with Crippen molar-refractivity contribution in [2.75, 3.05) is 24.1 Å². The summed E-state index contributed by atoms with van der Waals surface area (Å²) in [6, 6.07) is 9.01. The smallest absolute Gasteiger partial charge is 0.230 e. The minimum absolute atomic E-state index is 0.137. The summed E-state index contributed by atoms with van der Waals surface area (Å²) >= 11 is 0. The van der Waals surface area contributed by atoms with E-state index in [1.807, 2.05) is 18.2 Å². The molecule has 1 aliphatic rings. The van der Waals surface area contributed by atoms with Crippen LogP contribution in [0.15, 0.2) is 36.5 Å². The number of anilines is 2. The van der Waals surface area contributed by atoms with E-state index in [1.54, 1.807) is 23.2 Å². The van der Waals surface area contributed by atoms with Crippen LogP contribution in [0.1, 0.15) is 12.0 Å². The lowest BCUT2D eigenvalue weighted by Gasteiger charge is -2.12. The molecule has 1 aliphatic heterocycles. The molecule has 4 N–H and O–H groups in total. The third-order valence-electron chi connectivity index (χ3n) is 4.31. The Morgan fingerprint density at radius 3 is 3.04 bits per heavy atom. The van der Waals surface area contributed by atoms with Gasteiger partial charge in [0.2, 0.25) is 5.91 Å². The Balaban J connectivity index is 1.81. The van der Waals surface area contributed by atoms with E-state index in [1.165, 1.54) is 6.21 Å². The van der Waals surface area contributed by atoms with E-state index in [4.69, 9.17) is 16.4 Å². The molecule has 1 amide bonds. The molecule has 0 spiro atoms. The lowest BCUT2D eigenvalue weighted by Crippen LogP contribution is -2.25. The number of benzene rings is 1. The van der Waals surface area contributed by atoms with E-state index in [-0.39, 0.29) is 11.8 Å². The third kappa shape index (κ3) is 3.43. The summed E-state index contributed by atoms with van der Waals surface area (Å²) < 4.78 is 0. The molecule has 1 aromatic heterocycles. The number of likely N-dealkylation sites (tertiary alicyclic amines) is 1. The van der Waals surface area contributed by atoms with Crippen LogP contribution in [-0.2, 0) is 4.79 Å². The standard InChI is InChI=1S/C18H18N6O/c19-9-15-14(2-1-3-16(15)21)12-4-6-22-17(8-12)23-18(25)13-5-7-24(10-13)11-20/h1-4,6,8-9,13,19H,5,7,10,21H2,(H,22,23,25)/t13-/m0/s1. The molecule has 7 nitrogen and oxygen atoms in total. The minimum Gasteiger partial charge on any atom is -0.398 e. The molecule has 0 saturated carbocycles. The Labute approximate surface area is 145 Å². The second-order valence-corrected chi connectivity index (χ2v) is 5.90. The van der Waals surface area contributed by atoms with Crippen LogP contribution in [0, 0.1) is 22.8 Å². The average Bonchev–Trinajstić information content (AvgIpc) is 3.11. The molecule has 1 fully saturated rings. The molecule has 7 heteroatoms. The van der Waals surface area contributed by atoms with Crippen molar-refractivity contribution >= 4 is 23.6 Å². The number of aromatic nitrogens is 1. The Kier molecular flexibility index (Phi) is 4.61. The molecule has 1 atom stereocenters. The number of nitrogens with zero attached hydrogens (tertiary/aromatic N) is 3. The lowest BCUT2D eigenvalue weighted by molar-refractivity contribution is -0.119. The zero-order valence-corrected chi connectivity index (χ0v) is 13.6. The molecule has 25 heavy (non-hydrogen) atoms. The normalized spacial score (nSPS) is 16.3. The van der Waals surface area contributed by atoms with Crippen LogP contribution in [0.25, 0.3) is 11.1 Å². The Morgan fingerprint density at radius 1 is 1.48 bits per heavy atom. The van der Waals surface area contributed by atoms with Crippen molar-refractivity contribution in [1.82, 2.24) is 9.88 Å². The average molecular weight is 334 g/mol. The monoisotopic (exact) mass is 334 g/mol. The van der Waals surface area contributed by atoms with E-state index in [0.29, 0.717) is 36.6 Å². The summed E-state index contributed by atoms with van der Waals surface area (Å²) in [4.78, 5) is 18.1. The molecule has 126 valence electrons. The fourth-order valence-corrected chi connectivity index (χ4v) is 2.96. The first kappa shape index (κ1) is 16.5. The first-order chi connectivity index (χ1) is 12.1. The fourth-order valence-electron chi connectivity index (χ4n) is 2.96. The van der Waals surface area contributed by atoms with Crippen molar-refractivity contribution < 1.29 is 4.79 Å².